The molecule has 1 atom stereocenters. The highest BCUT2D eigenvalue weighted by atomic mass is 16.5. The highest BCUT2D eigenvalue weighted by Crippen LogP contribution is 2.19. The van der Waals surface area contributed by atoms with Gasteiger partial charge in [-0.2, -0.15) is 0 Å². The number of nitrogens with zero attached hydrogens (tertiary/aromatic N) is 2. The van der Waals surface area contributed by atoms with Crippen LogP contribution in [0.25, 0.3) is 0 Å². The van der Waals surface area contributed by atoms with Crippen molar-refractivity contribution >= 4 is 5.69 Å². The molecule has 2 rings (SSSR count). The van der Waals surface area contributed by atoms with Crippen LogP contribution in [0, 0.1) is 0 Å². The van der Waals surface area contributed by atoms with Crippen molar-refractivity contribution in [3.05, 3.63) is 48.5 Å². The molecule has 4 nitrogen and oxygen atoms in total. The van der Waals surface area contributed by atoms with Crippen molar-refractivity contribution in [2.24, 2.45) is 0 Å². The van der Waals surface area contributed by atoms with Gasteiger partial charge in [-0.05, 0) is 44.9 Å². The molecular weight excluding hydrogens is 262 g/mol. The fraction of sp³-hybridized carbons (Fsp3) is 0.471. The van der Waals surface area contributed by atoms with Crippen LogP contribution in [0.15, 0.2) is 43.0 Å². The molecule has 1 unspecified atom stereocenters. The standard InChI is InChI=1S/C17H25N3O/c1-14(11-17(2,3)21-4)19-16-7-5-6-15(10-16)12-20-9-8-18-13-20/h5-10,13-14,19H,11-12H2,1-4H3. The van der Waals surface area contributed by atoms with Gasteiger partial charge in [-0.1, -0.05) is 12.1 Å². The minimum absolute atomic E-state index is 0.110. The van der Waals surface area contributed by atoms with Gasteiger partial charge in [-0.15, -0.1) is 0 Å². The molecule has 1 heterocycles. The lowest BCUT2D eigenvalue weighted by molar-refractivity contribution is 0.0128. The molecule has 1 aromatic heterocycles. The maximum atomic E-state index is 5.49. The van der Waals surface area contributed by atoms with Crippen molar-refractivity contribution in [3.63, 3.8) is 0 Å². The third kappa shape index (κ3) is 4.90. The normalized spacial score (nSPS) is 13.1. The van der Waals surface area contributed by atoms with Gasteiger partial charge in [-0.25, -0.2) is 4.98 Å². The van der Waals surface area contributed by atoms with Crippen molar-refractivity contribution in [1.29, 1.82) is 0 Å². The van der Waals surface area contributed by atoms with Gasteiger partial charge in [0.1, 0.15) is 0 Å². The van der Waals surface area contributed by atoms with E-state index in [0.29, 0.717) is 6.04 Å². The summed E-state index contributed by atoms with van der Waals surface area (Å²) in [4.78, 5) is 4.07. The first-order valence-corrected chi connectivity index (χ1v) is 7.35. The van der Waals surface area contributed by atoms with E-state index < -0.39 is 0 Å². The Morgan fingerprint density at radius 1 is 1.38 bits per heavy atom. The van der Waals surface area contributed by atoms with Crippen molar-refractivity contribution in [3.8, 4) is 0 Å². The fourth-order valence-corrected chi connectivity index (χ4v) is 2.51. The Labute approximate surface area is 127 Å². The molecule has 0 saturated heterocycles. The molecule has 2 aromatic rings. The Bertz CT molecular complexity index is 549. The molecule has 0 bridgehead atoms. The minimum Gasteiger partial charge on any atom is -0.382 e. The maximum absolute atomic E-state index is 5.49. The Morgan fingerprint density at radius 3 is 2.86 bits per heavy atom. The Balaban J connectivity index is 1.97. The van der Waals surface area contributed by atoms with Crippen LogP contribution in [0.5, 0.6) is 0 Å². The van der Waals surface area contributed by atoms with Gasteiger partial charge >= 0.3 is 0 Å². The lowest BCUT2D eigenvalue weighted by atomic mass is 9.99. The molecule has 1 N–H and O–H groups in total. The fourth-order valence-electron chi connectivity index (χ4n) is 2.51. The molecule has 0 spiro atoms. The van der Waals surface area contributed by atoms with E-state index >= 15 is 0 Å². The Hall–Kier alpha value is -1.81. The second-order valence-electron chi connectivity index (χ2n) is 6.15. The zero-order valence-corrected chi connectivity index (χ0v) is 13.3. The maximum Gasteiger partial charge on any atom is 0.0949 e. The predicted molar refractivity (Wildman–Crippen MR) is 86.6 cm³/mol. The van der Waals surface area contributed by atoms with E-state index in [-0.39, 0.29) is 5.60 Å². The summed E-state index contributed by atoms with van der Waals surface area (Å²) < 4.78 is 7.56. The summed E-state index contributed by atoms with van der Waals surface area (Å²) in [6.45, 7) is 7.25. The monoisotopic (exact) mass is 287 g/mol. The van der Waals surface area contributed by atoms with E-state index in [0.717, 1.165) is 18.7 Å². The van der Waals surface area contributed by atoms with E-state index in [1.54, 1.807) is 13.3 Å². The number of nitrogens with one attached hydrogen (secondary N) is 1. The van der Waals surface area contributed by atoms with Gasteiger partial charge in [0.2, 0.25) is 0 Å². The molecule has 0 radical (unpaired) electrons. The molecule has 0 amide bonds. The number of methoxy groups -OCH3 is 1. The van der Waals surface area contributed by atoms with Gasteiger partial charge in [0, 0.05) is 37.8 Å². The number of imidazole rings is 1. The van der Waals surface area contributed by atoms with Crippen molar-refractivity contribution in [2.45, 2.75) is 45.4 Å². The van der Waals surface area contributed by atoms with Crippen LogP contribution in [0.1, 0.15) is 32.8 Å². The molecule has 0 aliphatic carbocycles. The Kier molecular flexibility index (Phi) is 5.02. The van der Waals surface area contributed by atoms with Crippen LogP contribution < -0.4 is 5.32 Å². The van der Waals surface area contributed by atoms with Crippen LogP contribution >= 0.6 is 0 Å². The molecule has 1 aromatic carbocycles. The van der Waals surface area contributed by atoms with Gasteiger partial charge in [-0.3, -0.25) is 0 Å². The second kappa shape index (κ2) is 6.76. The van der Waals surface area contributed by atoms with Crippen LogP contribution in [-0.2, 0) is 11.3 Å². The van der Waals surface area contributed by atoms with Crippen molar-refractivity contribution in [2.75, 3.05) is 12.4 Å². The van der Waals surface area contributed by atoms with E-state index in [9.17, 15) is 0 Å². The summed E-state index contributed by atoms with van der Waals surface area (Å²) in [7, 11) is 1.76. The van der Waals surface area contributed by atoms with Gasteiger partial charge in [0.15, 0.2) is 0 Å². The average Bonchev–Trinajstić information content (AvgIpc) is 2.91. The minimum atomic E-state index is -0.110. The lowest BCUT2D eigenvalue weighted by Gasteiger charge is -2.27. The summed E-state index contributed by atoms with van der Waals surface area (Å²) in [5.74, 6) is 0. The van der Waals surface area contributed by atoms with E-state index in [2.05, 4.69) is 59.9 Å². The van der Waals surface area contributed by atoms with Crippen LogP contribution in [0.3, 0.4) is 0 Å². The molecule has 4 heteroatoms. The number of hydrogen-bond donors (Lipinski definition) is 1. The number of rotatable bonds is 7. The first-order valence-electron chi connectivity index (χ1n) is 7.35. The first kappa shape index (κ1) is 15.6. The first-order chi connectivity index (χ1) is 9.98. The predicted octanol–water partition coefficient (Wildman–Crippen LogP) is 3.55. The van der Waals surface area contributed by atoms with Gasteiger partial charge < -0.3 is 14.6 Å². The zero-order valence-electron chi connectivity index (χ0n) is 13.3. The Morgan fingerprint density at radius 2 is 2.19 bits per heavy atom. The molecule has 21 heavy (non-hydrogen) atoms. The summed E-state index contributed by atoms with van der Waals surface area (Å²) in [6.07, 6.45) is 6.57. The third-order valence-electron chi connectivity index (χ3n) is 3.61. The summed E-state index contributed by atoms with van der Waals surface area (Å²) >= 11 is 0. The quantitative estimate of drug-likeness (QED) is 0.846. The van der Waals surface area contributed by atoms with Crippen LogP contribution in [-0.4, -0.2) is 28.3 Å². The number of hydrogen-bond acceptors (Lipinski definition) is 3. The van der Waals surface area contributed by atoms with Crippen LogP contribution in [0.4, 0.5) is 5.69 Å². The van der Waals surface area contributed by atoms with Crippen molar-refractivity contribution < 1.29 is 4.74 Å². The molecule has 0 saturated carbocycles. The highest BCUT2D eigenvalue weighted by Gasteiger charge is 2.19. The summed E-state index contributed by atoms with van der Waals surface area (Å²) in [6, 6.07) is 8.87. The number of anilines is 1. The summed E-state index contributed by atoms with van der Waals surface area (Å²) in [5.41, 5.74) is 2.30. The lowest BCUT2D eigenvalue weighted by Crippen LogP contribution is -2.31. The number of ether oxygens (including phenoxy) is 1. The molecule has 0 fully saturated rings. The second-order valence-corrected chi connectivity index (χ2v) is 6.15. The SMILES string of the molecule is COC(C)(C)CC(C)Nc1cccc(Cn2ccnc2)c1. The molecular formula is C17H25N3O. The number of benzene rings is 1. The third-order valence-corrected chi connectivity index (χ3v) is 3.61. The van der Waals surface area contributed by atoms with E-state index in [1.165, 1.54) is 5.56 Å². The highest BCUT2D eigenvalue weighted by molar-refractivity contribution is 5.46. The summed E-state index contributed by atoms with van der Waals surface area (Å²) in [5, 5.41) is 3.55. The topological polar surface area (TPSA) is 39.1 Å². The van der Waals surface area contributed by atoms with E-state index in [4.69, 9.17) is 4.74 Å². The zero-order chi connectivity index (χ0) is 15.3. The van der Waals surface area contributed by atoms with Crippen molar-refractivity contribution in [1.82, 2.24) is 9.55 Å². The van der Waals surface area contributed by atoms with Gasteiger partial charge in [0.25, 0.3) is 0 Å². The average molecular weight is 287 g/mol. The van der Waals surface area contributed by atoms with E-state index in [1.807, 2.05) is 12.5 Å². The molecule has 0 aliphatic heterocycles. The number of aromatic nitrogens is 2. The smallest absolute Gasteiger partial charge is 0.0949 e. The largest absolute Gasteiger partial charge is 0.382 e. The van der Waals surface area contributed by atoms with Gasteiger partial charge in [0.05, 0.1) is 11.9 Å². The molecule has 114 valence electrons. The van der Waals surface area contributed by atoms with Crippen LogP contribution in [0.2, 0.25) is 0 Å². The molecule has 0 aliphatic rings.